The van der Waals surface area contributed by atoms with Gasteiger partial charge < -0.3 is 19.5 Å². The second-order valence-corrected chi connectivity index (χ2v) is 11.1. The van der Waals surface area contributed by atoms with Crippen molar-refractivity contribution in [3.8, 4) is 11.5 Å². The van der Waals surface area contributed by atoms with Gasteiger partial charge in [-0.3, -0.25) is 4.79 Å². The molecule has 3 aromatic carbocycles. The highest BCUT2D eigenvalue weighted by Gasteiger charge is 2.40. The number of carboxylic acids is 1. The first-order valence-corrected chi connectivity index (χ1v) is 14.2. The van der Waals surface area contributed by atoms with Crippen LogP contribution >= 0.6 is 11.8 Å². The van der Waals surface area contributed by atoms with E-state index < -0.39 is 29.4 Å². The highest BCUT2D eigenvalue weighted by atomic mass is 32.2. The molecular weight excluding hydrogens is 533 g/mol. The van der Waals surface area contributed by atoms with Gasteiger partial charge in [-0.05, 0) is 80.8 Å². The van der Waals surface area contributed by atoms with Gasteiger partial charge >= 0.3 is 12.1 Å². The lowest BCUT2D eigenvalue weighted by Crippen LogP contribution is -2.38. The van der Waals surface area contributed by atoms with Gasteiger partial charge in [0.05, 0.1) is 0 Å². The number of thioether (sulfide) groups is 1. The summed E-state index contributed by atoms with van der Waals surface area (Å²) in [7, 11) is 0. The number of likely N-dealkylation sites (tertiary alicyclic amines) is 1. The number of halogens is 1. The predicted octanol–water partition coefficient (Wildman–Crippen LogP) is 6.35. The molecule has 210 valence electrons. The molecule has 9 heteroatoms. The van der Waals surface area contributed by atoms with Crippen LogP contribution in [0.1, 0.15) is 36.2 Å². The predicted molar refractivity (Wildman–Crippen MR) is 151 cm³/mol. The zero-order valence-corrected chi connectivity index (χ0v) is 23.4. The van der Waals surface area contributed by atoms with Gasteiger partial charge in [-0.2, -0.15) is 0 Å². The Bertz CT molecular complexity index is 1360. The molecule has 1 amide bonds. The summed E-state index contributed by atoms with van der Waals surface area (Å²) in [4.78, 5) is 40.5. The number of carbonyl (C=O) groups is 3. The van der Waals surface area contributed by atoms with Crippen LogP contribution in [0.4, 0.5) is 9.18 Å². The van der Waals surface area contributed by atoms with Gasteiger partial charge in [0.25, 0.3) is 0 Å². The Hall–Kier alpha value is -3.85. The number of hydrogen-bond donors (Lipinski definition) is 1. The fourth-order valence-electron chi connectivity index (χ4n) is 4.69. The molecule has 1 heterocycles. The van der Waals surface area contributed by atoms with Crippen LogP contribution in [0.25, 0.3) is 0 Å². The minimum Gasteiger partial charge on any atom is -0.478 e. The number of hydrogen-bond acceptors (Lipinski definition) is 6. The maximum atomic E-state index is 14.8. The highest BCUT2D eigenvalue weighted by Crippen LogP contribution is 2.32. The lowest BCUT2D eigenvalue weighted by Gasteiger charge is -2.22. The van der Waals surface area contributed by atoms with Gasteiger partial charge in [-0.1, -0.05) is 36.4 Å². The lowest BCUT2D eigenvalue weighted by molar-refractivity contribution is -0.152. The molecule has 3 aromatic rings. The van der Waals surface area contributed by atoms with E-state index in [1.165, 1.54) is 26.0 Å². The van der Waals surface area contributed by atoms with E-state index >= 15 is 0 Å². The van der Waals surface area contributed by atoms with Crippen molar-refractivity contribution < 1.29 is 33.4 Å². The number of amides is 1. The van der Waals surface area contributed by atoms with Crippen LogP contribution < -0.4 is 9.47 Å². The SMILES string of the molecule is CSc1ccc(C(=O)C2CN(C(=O)Oc3ccccc3)CC2CCc2ccc(OC(C)(C)C(=O)O)c(F)c2)cc1. The quantitative estimate of drug-likeness (QED) is 0.226. The Balaban J connectivity index is 1.49. The third-order valence-electron chi connectivity index (χ3n) is 7.04. The van der Waals surface area contributed by atoms with Gasteiger partial charge in [-0.25, -0.2) is 14.0 Å². The first kappa shape index (κ1) is 29.1. The highest BCUT2D eigenvalue weighted by molar-refractivity contribution is 7.98. The van der Waals surface area contributed by atoms with Crippen molar-refractivity contribution in [2.45, 2.75) is 37.2 Å². The Morgan fingerprint density at radius 3 is 2.35 bits per heavy atom. The van der Waals surface area contributed by atoms with Crippen LogP contribution in [0.2, 0.25) is 0 Å². The molecule has 40 heavy (non-hydrogen) atoms. The van der Waals surface area contributed by atoms with E-state index in [0.717, 1.165) is 4.90 Å². The van der Waals surface area contributed by atoms with Gasteiger partial charge in [0.15, 0.2) is 23.0 Å². The number of carboxylic acid groups (broad SMARTS) is 1. The molecule has 1 N–H and O–H groups in total. The topological polar surface area (TPSA) is 93.1 Å². The largest absolute Gasteiger partial charge is 0.478 e. The number of aryl methyl sites for hydroxylation is 1. The van der Waals surface area contributed by atoms with Gasteiger partial charge in [0.2, 0.25) is 0 Å². The molecule has 0 radical (unpaired) electrons. The average molecular weight is 566 g/mol. The monoisotopic (exact) mass is 565 g/mol. The number of benzene rings is 3. The molecule has 2 atom stereocenters. The summed E-state index contributed by atoms with van der Waals surface area (Å²) in [6, 6.07) is 20.6. The fraction of sp³-hybridized carbons (Fsp3) is 0.323. The third-order valence-corrected chi connectivity index (χ3v) is 7.78. The minimum atomic E-state index is -1.58. The molecule has 1 aliphatic rings. The Morgan fingerprint density at radius 1 is 1.02 bits per heavy atom. The van der Waals surface area contributed by atoms with E-state index in [1.54, 1.807) is 47.0 Å². The maximum absolute atomic E-state index is 14.8. The van der Waals surface area contributed by atoms with Crippen LogP contribution in [-0.4, -0.2) is 52.8 Å². The van der Waals surface area contributed by atoms with Gasteiger partial charge in [0, 0.05) is 29.5 Å². The van der Waals surface area contributed by atoms with Crippen LogP contribution in [0.3, 0.4) is 0 Å². The summed E-state index contributed by atoms with van der Waals surface area (Å²) in [5, 5.41) is 9.26. The normalized spacial score (nSPS) is 16.9. The standard InChI is InChI=1S/C31H32FNO6S/c1-31(2,29(35)36)39-27-16-10-20(17-26(27)32)9-11-22-18-33(30(37)38-23-7-5-4-6-8-23)19-25(22)28(34)21-12-14-24(40-3)15-13-21/h4-8,10,12-17,22,25H,9,11,18-19H2,1-3H3,(H,35,36). The molecule has 0 spiro atoms. The minimum absolute atomic E-state index is 0.0431. The lowest BCUT2D eigenvalue weighted by atomic mass is 9.85. The molecule has 0 saturated carbocycles. The second kappa shape index (κ2) is 12.6. The Morgan fingerprint density at radius 2 is 1.73 bits per heavy atom. The number of ether oxygens (including phenoxy) is 2. The van der Waals surface area contributed by atoms with Crippen molar-refractivity contribution in [3.63, 3.8) is 0 Å². The average Bonchev–Trinajstić information content (AvgIpc) is 3.38. The molecular formula is C31H32FNO6S. The molecule has 1 aliphatic heterocycles. The van der Waals surface area contributed by atoms with E-state index in [-0.39, 0.29) is 24.0 Å². The van der Waals surface area contributed by atoms with Crippen molar-refractivity contribution in [3.05, 3.63) is 89.7 Å². The molecule has 0 aliphatic carbocycles. The van der Waals surface area contributed by atoms with Crippen molar-refractivity contribution >= 4 is 29.6 Å². The number of rotatable bonds is 10. The third kappa shape index (κ3) is 7.01. The zero-order valence-electron chi connectivity index (χ0n) is 22.6. The smallest absolute Gasteiger partial charge is 0.415 e. The van der Waals surface area contributed by atoms with Crippen LogP contribution in [0.15, 0.2) is 77.7 Å². The number of aliphatic carboxylic acids is 1. The number of carbonyl (C=O) groups excluding carboxylic acids is 2. The molecule has 0 bridgehead atoms. The number of para-hydroxylation sites is 1. The summed E-state index contributed by atoms with van der Waals surface area (Å²) in [6.07, 6.45) is 2.45. The van der Waals surface area contributed by atoms with Crippen LogP contribution in [0.5, 0.6) is 11.5 Å². The van der Waals surface area contributed by atoms with E-state index in [9.17, 15) is 23.9 Å². The number of nitrogens with zero attached hydrogens (tertiary/aromatic N) is 1. The van der Waals surface area contributed by atoms with E-state index in [0.29, 0.717) is 36.3 Å². The molecule has 7 nitrogen and oxygen atoms in total. The molecule has 4 rings (SSSR count). The first-order valence-electron chi connectivity index (χ1n) is 13.0. The van der Waals surface area contributed by atoms with Crippen LogP contribution in [0, 0.1) is 17.7 Å². The van der Waals surface area contributed by atoms with Crippen molar-refractivity contribution in [2.75, 3.05) is 19.3 Å². The summed E-state index contributed by atoms with van der Waals surface area (Å²) in [6.45, 7) is 3.26. The number of Topliss-reactive ketones (excluding diaryl/α,β-unsaturated/α-hetero) is 1. The van der Waals surface area contributed by atoms with Gasteiger partial charge in [0.1, 0.15) is 5.75 Å². The second-order valence-electron chi connectivity index (χ2n) is 10.3. The molecule has 2 unspecified atom stereocenters. The molecule has 0 aromatic heterocycles. The van der Waals surface area contributed by atoms with E-state index in [2.05, 4.69) is 0 Å². The maximum Gasteiger partial charge on any atom is 0.415 e. The van der Waals surface area contributed by atoms with E-state index in [1.807, 2.05) is 36.6 Å². The van der Waals surface area contributed by atoms with E-state index in [4.69, 9.17) is 9.47 Å². The first-order chi connectivity index (χ1) is 19.1. The Kier molecular flexibility index (Phi) is 9.14. The summed E-state index contributed by atoms with van der Waals surface area (Å²) in [5.41, 5.74) is -0.315. The van der Waals surface area contributed by atoms with Crippen molar-refractivity contribution in [1.29, 1.82) is 0 Å². The molecule has 1 fully saturated rings. The zero-order chi connectivity index (χ0) is 28.9. The number of ketones is 1. The van der Waals surface area contributed by atoms with Crippen molar-refractivity contribution in [1.82, 2.24) is 4.90 Å². The Labute approximate surface area is 237 Å². The summed E-state index contributed by atoms with van der Waals surface area (Å²) < 4.78 is 25.6. The summed E-state index contributed by atoms with van der Waals surface area (Å²) in [5.74, 6) is -2.23. The van der Waals surface area contributed by atoms with Crippen molar-refractivity contribution in [2.24, 2.45) is 11.8 Å². The molecule has 1 saturated heterocycles. The van der Waals surface area contributed by atoms with Gasteiger partial charge in [-0.15, -0.1) is 11.8 Å². The fourth-order valence-corrected chi connectivity index (χ4v) is 5.09. The summed E-state index contributed by atoms with van der Waals surface area (Å²) >= 11 is 1.59. The van der Waals surface area contributed by atoms with Crippen LogP contribution in [-0.2, 0) is 11.2 Å².